The number of nitrogens with zero attached hydrogens (tertiary/aromatic N) is 1. The maximum Gasteiger partial charge on any atom is 0.221 e. The minimum absolute atomic E-state index is 0.221. The topological polar surface area (TPSA) is 44.4 Å². The molecule has 0 saturated carbocycles. The molecule has 1 fully saturated rings. The van der Waals surface area contributed by atoms with Gasteiger partial charge in [-0.05, 0) is 38.2 Å². The molecule has 1 saturated heterocycles. The van der Waals surface area contributed by atoms with Gasteiger partial charge in [0.2, 0.25) is 5.91 Å². The lowest BCUT2D eigenvalue weighted by molar-refractivity contribution is -0.114. The van der Waals surface area contributed by atoms with Crippen molar-refractivity contribution in [1.82, 2.24) is 4.90 Å². The Bertz CT molecular complexity index is 450. The first-order chi connectivity index (χ1) is 8.54. The molecule has 2 rings (SSSR count). The highest BCUT2D eigenvalue weighted by Crippen LogP contribution is 2.21. The van der Waals surface area contributed by atoms with Crippen LogP contribution >= 0.6 is 0 Å². The average molecular weight is 251 g/mol. The van der Waals surface area contributed by atoms with E-state index >= 15 is 0 Å². The van der Waals surface area contributed by atoms with Crippen molar-refractivity contribution in [3.8, 4) is 0 Å². The smallest absolute Gasteiger partial charge is 0.221 e. The van der Waals surface area contributed by atoms with E-state index in [1.165, 1.54) is 13.0 Å². The first-order valence-corrected chi connectivity index (χ1v) is 6.07. The Morgan fingerprint density at radius 2 is 2.28 bits per heavy atom. The van der Waals surface area contributed by atoms with Crippen LogP contribution in [-0.4, -0.2) is 37.0 Å². The molecule has 0 bridgehead atoms. The Kier molecular flexibility index (Phi) is 3.81. The molecule has 1 aromatic carbocycles. The largest absolute Gasteiger partial charge is 0.381 e. The number of amides is 1. The van der Waals surface area contributed by atoms with Crippen molar-refractivity contribution in [3.63, 3.8) is 0 Å². The van der Waals surface area contributed by atoms with Gasteiger partial charge in [0, 0.05) is 25.2 Å². The van der Waals surface area contributed by atoms with Crippen LogP contribution in [0.4, 0.5) is 15.8 Å². The van der Waals surface area contributed by atoms with Gasteiger partial charge >= 0.3 is 0 Å². The zero-order valence-electron chi connectivity index (χ0n) is 10.7. The van der Waals surface area contributed by atoms with E-state index in [0.29, 0.717) is 6.04 Å². The van der Waals surface area contributed by atoms with Gasteiger partial charge in [-0.3, -0.25) is 4.79 Å². The minimum Gasteiger partial charge on any atom is -0.381 e. The van der Waals surface area contributed by atoms with E-state index in [-0.39, 0.29) is 11.6 Å². The molecule has 18 heavy (non-hydrogen) atoms. The van der Waals surface area contributed by atoms with Gasteiger partial charge in [-0.2, -0.15) is 0 Å². The molecule has 1 aromatic rings. The molecular formula is C13H18FN3O. The van der Waals surface area contributed by atoms with Gasteiger partial charge in [0.25, 0.3) is 0 Å². The van der Waals surface area contributed by atoms with E-state index in [4.69, 9.17) is 0 Å². The number of rotatable bonds is 3. The molecule has 1 aliphatic rings. The molecule has 0 aromatic heterocycles. The van der Waals surface area contributed by atoms with Gasteiger partial charge in [-0.25, -0.2) is 4.39 Å². The highest BCUT2D eigenvalue weighted by atomic mass is 19.1. The Morgan fingerprint density at radius 1 is 1.50 bits per heavy atom. The summed E-state index contributed by atoms with van der Waals surface area (Å²) in [4.78, 5) is 13.2. The van der Waals surface area contributed by atoms with Gasteiger partial charge in [0.1, 0.15) is 5.82 Å². The highest BCUT2D eigenvalue weighted by Gasteiger charge is 2.19. The Morgan fingerprint density at radius 3 is 2.89 bits per heavy atom. The number of carbonyl (C=O) groups excluding carboxylic acids is 1. The number of hydrogen-bond acceptors (Lipinski definition) is 3. The Labute approximate surface area is 106 Å². The molecule has 4 nitrogen and oxygen atoms in total. The lowest BCUT2D eigenvalue weighted by Crippen LogP contribution is -2.23. The Hall–Kier alpha value is -1.62. The van der Waals surface area contributed by atoms with Gasteiger partial charge in [0.05, 0.1) is 5.69 Å². The normalized spacial score (nSPS) is 19.8. The molecule has 1 heterocycles. The summed E-state index contributed by atoms with van der Waals surface area (Å²) in [7, 11) is 2.08. The number of halogens is 1. The molecular weight excluding hydrogens is 233 g/mol. The first-order valence-electron chi connectivity index (χ1n) is 6.07. The third-order valence-electron chi connectivity index (χ3n) is 3.04. The summed E-state index contributed by atoms with van der Waals surface area (Å²) in [6, 6.07) is 5.07. The molecule has 1 aliphatic heterocycles. The quantitative estimate of drug-likeness (QED) is 0.862. The summed E-state index contributed by atoms with van der Waals surface area (Å²) < 4.78 is 13.5. The van der Waals surface area contributed by atoms with Crippen molar-refractivity contribution >= 4 is 17.3 Å². The summed E-state index contributed by atoms with van der Waals surface area (Å²) in [5.41, 5.74) is 1.05. The third kappa shape index (κ3) is 3.20. The number of carbonyl (C=O) groups is 1. The molecule has 0 spiro atoms. The van der Waals surface area contributed by atoms with E-state index < -0.39 is 5.82 Å². The average Bonchev–Trinajstić information content (AvgIpc) is 2.68. The second-order valence-corrected chi connectivity index (χ2v) is 4.77. The predicted octanol–water partition coefficient (Wildman–Crippen LogP) is 1.90. The third-order valence-corrected chi connectivity index (χ3v) is 3.04. The van der Waals surface area contributed by atoms with Crippen LogP contribution < -0.4 is 10.6 Å². The van der Waals surface area contributed by atoms with Crippen molar-refractivity contribution in [2.24, 2.45) is 0 Å². The van der Waals surface area contributed by atoms with E-state index in [2.05, 4.69) is 22.6 Å². The number of nitrogens with one attached hydrogen (secondary N) is 2. The Balaban J connectivity index is 2.07. The molecule has 98 valence electrons. The fourth-order valence-electron chi connectivity index (χ4n) is 2.19. The highest BCUT2D eigenvalue weighted by molar-refractivity contribution is 5.89. The molecule has 1 amide bonds. The molecule has 1 atom stereocenters. The summed E-state index contributed by atoms with van der Waals surface area (Å²) in [6.45, 7) is 3.41. The van der Waals surface area contributed by atoms with Crippen molar-refractivity contribution in [2.75, 3.05) is 30.8 Å². The molecule has 5 heteroatoms. The van der Waals surface area contributed by atoms with Crippen LogP contribution in [0.1, 0.15) is 13.3 Å². The van der Waals surface area contributed by atoms with Gasteiger partial charge in [0.15, 0.2) is 0 Å². The molecule has 0 aliphatic carbocycles. The maximum absolute atomic E-state index is 13.5. The zero-order valence-corrected chi connectivity index (χ0v) is 10.7. The predicted molar refractivity (Wildman–Crippen MR) is 70.2 cm³/mol. The van der Waals surface area contributed by atoms with Crippen LogP contribution in [0.3, 0.4) is 0 Å². The second kappa shape index (κ2) is 5.35. The number of benzene rings is 1. The summed E-state index contributed by atoms with van der Waals surface area (Å²) in [5.74, 6) is -0.689. The molecule has 2 N–H and O–H groups in total. The van der Waals surface area contributed by atoms with Crippen molar-refractivity contribution in [1.29, 1.82) is 0 Å². The van der Waals surface area contributed by atoms with Crippen molar-refractivity contribution in [3.05, 3.63) is 24.0 Å². The molecule has 0 radical (unpaired) electrons. The van der Waals surface area contributed by atoms with Crippen LogP contribution in [0.15, 0.2) is 18.2 Å². The number of likely N-dealkylation sites (tertiary alicyclic amines) is 1. The van der Waals surface area contributed by atoms with E-state index in [9.17, 15) is 9.18 Å². The second-order valence-electron chi connectivity index (χ2n) is 4.77. The fraction of sp³-hybridized carbons (Fsp3) is 0.462. The van der Waals surface area contributed by atoms with Crippen LogP contribution in [0, 0.1) is 5.82 Å². The standard InChI is InChI=1S/C13H18FN3O/c1-9(18)15-13-7-10(3-4-12(13)14)16-11-5-6-17(2)8-11/h3-4,7,11,16H,5-6,8H2,1-2H3,(H,15,18). The molecule has 1 unspecified atom stereocenters. The lowest BCUT2D eigenvalue weighted by Gasteiger charge is -2.15. The van der Waals surface area contributed by atoms with E-state index in [1.807, 2.05) is 0 Å². The van der Waals surface area contributed by atoms with Crippen molar-refractivity contribution in [2.45, 2.75) is 19.4 Å². The first kappa shape index (κ1) is 12.8. The van der Waals surface area contributed by atoms with Crippen LogP contribution in [-0.2, 0) is 4.79 Å². The lowest BCUT2D eigenvalue weighted by atomic mass is 10.2. The van der Waals surface area contributed by atoms with Crippen LogP contribution in [0.5, 0.6) is 0 Å². The minimum atomic E-state index is -0.417. The number of hydrogen-bond donors (Lipinski definition) is 2. The summed E-state index contributed by atoms with van der Waals surface area (Å²) >= 11 is 0. The number of likely N-dealkylation sites (N-methyl/N-ethyl adjacent to an activating group) is 1. The van der Waals surface area contributed by atoms with Crippen LogP contribution in [0.25, 0.3) is 0 Å². The maximum atomic E-state index is 13.5. The van der Waals surface area contributed by atoms with Gasteiger partial charge in [-0.15, -0.1) is 0 Å². The van der Waals surface area contributed by atoms with Crippen LogP contribution in [0.2, 0.25) is 0 Å². The fourth-order valence-corrected chi connectivity index (χ4v) is 2.19. The van der Waals surface area contributed by atoms with E-state index in [1.54, 1.807) is 12.1 Å². The summed E-state index contributed by atoms with van der Waals surface area (Å²) in [6.07, 6.45) is 1.07. The zero-order chi connectivity index (χ0) is 13.1. The monoisotopic (exact) mass is 251 g/mol. The SMILES string of the molecule is CC(=O)Nc1cc(NC2CCN(C)C2)ccc1F. The van der Waals surface area contributed by atoms with Gasteiger partial charge < -0.3 is 15.5 Å². The van der Waals surface area contributed by atoms with Crippen molar-refractivity contribution < 1.29 is 9.18 Å². The summed E-state index contributed by atoms with van der Waals surface area (Å²) in [5, 5.41) is 5.84. The van der Waals surface area contributed by atoms with E-state index in [0.717, 1.165) is 25.2 Å². The van der Waals surface area contributed by atoms with Gasteiger partial charge in [-0.1, -0.05) is 0 Å². The number of anilines is 2.